The molecule has 1 rings (SSSR count). The van der Waals surface area contributed by atoms with Gasteiger partial charge >= 0.3 is 6.09 Å². The summed E-state index contributed by atoms with van der Waals surface area (Å²) >= 11 is 0. The molecule has 0 spiro atoms. The third-order valence-corrected chi connectivity index (χ3v) is 5.15. The molecule has 1 heterocycles. The Labute approximate surface area is 212 Å². The van der Waals surface area contributed by atoms with Crippen LogP contribution in [-0.4, -0.2) is 79.7 Å². The zero-order valence-corrected chi connectivity index (χ0v) is 23.2. The number of alkyl carbamates (subject to hydrolysis) is 1. The van der Waals surface area contributed by atoms with Crippen molar-refractivity contribution in [3.63, 3.8) is 0 Å². The van der Waals surface area contributed by atoms with Gasteiger partial charge in [-0.1, -0.05) is 13.3 Å². The summed E-state index contributed by atoms with van der Waals surface area (Å²) in [7, 11) is 0. The van der Waals surface area contributed by atoms with E-state index >= 15 is 0 Å². The molecule has 190 valence electrons. The Kier molecular flexibility index (Phi) is 17.2. The smallest absolute Gasteiger partial charge is 0.407 e. The molecule has 0 aromatic rings. The molecule has 0 saturated carbocycles. The first kappa shape index (κ1) is 31.2. The fourth-order valence-corrected chi connectivity index (χ4v) is 3.62. The highest BCUT2D eigenvalue weighted by Crippen LogP contribution is 2.16. The first-order chi connectivity index (χ1) is 14.8. The van der Waals surface area contributed by atoms with Gasteiger partial charge in [-0.3, -0.25) is 4.99 Å². The Bertz CT molecular complexity index is 515. The molecule has 0 aromatic carbocycles. The molecule has 3 N–H and O–H groups in total. The molecule has 0 bridgehead atoms. The maximum Gasteiger partial charge on any atom is 0.407 e. The number of amides is 1. The molecule has 1 aliphatic heterocycles. The van der Waals surface area contributed by atoms with Gasteiger partial charge in [0.2, 0.25) is 0 Å². The number of piperidine rings is 1. The van der Waals surface area contributed by atoms with Crippen molar-refractivity contribution in [1.29, 1.82) is 0 Å². The monoisotopic (exact) mass is 570 g/mol. The van der Waals surface area contributed by atoms with Crippen molar-refractivity contribution < 1.29 is 19.4 Å². The lowest BCUT2D eigenvalue weighted by Crippen LogP contribution is -2.47. The standard InChI is InChI=1S/C23H46N4O4.HI/c1-6-9-19(12-16-28)18-26-21(24-7-2)27-14-10-20(11-15-27)30-17-8-13-25-22(29)31-23(3,4)5;/h19-20,28H,6-18H2,1-5H3,(H,24,26)(H,25,29);1H. The van der Waals surface area contributed by atoms with Crippen LogP contribution in [0, 0.1) is 5.92 Å². The number of hydrogen-bond donors (Lipinski definition) is 3. The molecule has 1 saturated heterocycles. The largest absolute Gasteiger partial charge is 0.444 e. The van der Waals surface area contributed by atoms with Gasteiger partial charge in [0.15, 0.2) is 5.96 Å². The van der Waals surface area contributed by atoms with Gasteiger partial charge < -0.3 is 30.1 Å². The molecule has 0 radical (unpaired) electrons. The van der Waals surface area contributed by atoms with Gasteiger partial charge in [0.1, 0.15) is 5.60 Å². The maximum atomic E-state index is 11.6. The highest BCUT2D eigenvalue weighted by Gasteiger charge is 2.22. The Morgan fingerprint density at radius 2 is 1.88 bits per heavy atom. The van der Waals surface area contributed by atoms with Gasteiger partial charge in [0.25, 0.3) is 0 Å². The number of carbonyl (C=O) groups excluding carboxylic acids is 1. The van der Waals surface area contributed by atoms with Gasteiger partial charge in [-0.15, -0.1) is 24.0 Å². The van der Waals surface area contributed by atoms with E-state index in [2.05, 4.69) is 29.4 Å². The van der Waals surface area contributed by atoms with Gasteiger partial charge in [0, 0.05) is 45.9 Å². The number of hydrogen-bond acceptors (Lipinski definition) is 5. The molecule has 1 fully saturated rings. The van der Waals surface area contributed by atoms with Crippen LogP contribution in [0.3, 0.4) is 0 Å². The average Bonchev–Trinajstić information content (AvgIpc) is 2.70. The molecule has 0 aromatic heterocycles. The first-order valence-electron chi connectivity index (χ1n) is 12.0. The lowest BCUT2D eigenvalue weighted by molar-refractivity contribution is 0.0170. The second-order valence-corrected chi connectivity index (χ2v) is 9.20. The van der Waals surface area contributed by atoms with Crippen molar-refractivity contribution in [2.24, 2.45) is 10.9 Å². The molecule has 1 atom stereocenters. The summed E-state index contributed by atoms with van der Waals surface area (Å²) in [5.74, 6) is 1.42. The minimum Gasteiger partial charge on any atom is -0.444 e. The van der Waals surface area contributed by atoms with Crippen molar-refractivity contribution >= 4 is 36.0 Å². The highest BCUT2D eigenvalue weighted by atomic mass is 127. The fourth-order valence-electron chi connectivity index (χ4n) is 3.62. The van der Waals surface area contributed by atoms with Gasteiger partial charge in [-0.25, -0.2) is 4.79 Å². The SMILES string of the molecule is CCCC(CCO)CN=C(NCC)N1CCC(OCCCNC(=O)OC(C)(C)C)CC1.I. The Hall–Kier alpha value is -0.810. The molecule has 8 nitrogen and oxygen atoms in total. The van der Waals surface area contributed by atoms with E-state index in [-0.39, 0.29) is 42.8 Å². The minimum atomic E-state index is -0.473. The van der Waals surface area contributed by atoms with E-state index < -0.39 is 5.60 Å². The van der Waals surface area contributed by atoms with Crippen LogP contribution in [0.25, 0.3) is 0 Å². The van der Waals surface area contributed by atoms with Crippen LogP contribution in [0.1, 0.15) is 73.1 Å². The van der Waals surface area contributed by atoms with Gasteiger partial charge in [-0.2, -0.15) is 0 Å². The summed E-state index contributed by atoms with van der Waals surface area (Å²) in [6, 6.07) is 0. The average molecular weight is 571 g/mol. The van der Waals surface area contributed by atoms with E-state index in [0.717, 1.165) is 70.7 Å². The van der Waals surface area contributed by atoms with Crippen LogP contribution < -0.4 is 10.6 Å². The maximum absolute atomic E-state index is 11.6. The zero-order valence-electron chi connectivity index (χ0n) is 20.8. The number of nitrogens with one attached hydrogen (secondary N) is 2. The Morgan fingerprint density at radius 1 is 1.19 bits per heavy atom. The first-order valence-corrected chi connectivity index (χ1v) is 12.0. The van der Waals surface area contributed by atoms with E-state index in [1.165, 1.54) is 0 Å². The summed E-state index contributed by atoms with van der Waals surface area (Å²) in [4.78, 5) is 18.8. The fraction of sp³-hybridized carbons (Fsp3) is 0.913. The number of carbonyl (C=O) groups is 1. The molecular weight excluding hydrogens is 523 g/mol. The van der Waals surface area contributed by atoms with Crippen molar-refractivity contribution in [3.8, 4) is 0 Å². The van der Waals surface area contributed by atoms with Crippen molar-refractivity contribution in [1.82, 2.24) is 15.5 Å². The van der Waals surface area contributed by atoms with Crippen molar-refractivity contribution in [2.75, 3.05) is 45.9 Å². The van der Waals surface area contributed by atoms with Crippen LogP contribution in [0.15, 0.2) is 4.99 Å². The van der Waals surface area contributed by atoms with Crippen LogP contribution in [0.5, 0.6) is 0 Å². The lowest BCUT2D eigenvalue weighted by Gasteiger charge is -2.34. The summed E-state index contributed by atoms with van der Waals surface area (Å²) < 4.78 is 11.2. The number of aliphatic hydroxyl groups excluding tert-OH is 1. The van der Waals surface area contributed by atoms with E-state index in [4.69, 9.17) is 14.5 Å². The molecular formula is C23H47IN4O4. The zero-order chi connectivity index (χ0) is 23.1. The number of aliphatic hydroxyl groups is 1. The van der Waals surface area contributed by atoms with Gasteiger partial charge in [0.05, 0.1) is 6.10 Å². The summed E-state index contributed by atoms with van der Waals surface area (Å²) in [5.41, 5.74) is -0.473. The number of nitrogens with zero attached hydrogens (tertiary/aromatic N) is 2. The Balaban J connectivity index is 0.00000961. The molecule has 9 heteroatoms. The Morgan fingerprint density at radius 3 is 2.44 bits per heavy atom. The molecule has 1 aliphatic rings. The number of rotatable bonds is 12. The summed E-state index contributed by atoms with van der Waals surface area (Å²) in [5, 5.41) is 15.4. The van der Waals surface area contributed by atoms with Crippen LogP contribution in [0.4, 0.5) is 4.79 Å². The minimum absolute atomic E-state index is 0. The number of ether oxygens (including phenoxy) is 2. The van der Waals surface area contributed by atoms with Gasteiger partial charge in [-0.05, 0) is 65.7 Å². The molecule has 32 heavy (non-hydrogen) atoms. The normalized spacial score (nSPS) is 16.3. The van der Waals surface area contributed by atoms with E-state index in [9.17, 15) is 9.90 Å². The number of halogens is 1. The van der Waals surface area contributed by atoms with E-state index in [1.807, 2.05) is 20.8 Å². The topological polar surface area (TPSA) is 95.4 Å². The second-order valence-electron chi connectivity index (χ2n) is 9.20. The van der Waals surface area contributed by atoms with Crippen LogP contribution >= 0.6 is 24.0 Å². The number of guanidine groups is 1. The van der Waals surface area contributed by atoms with Crippen LogP contribution in [-0.2, 0) is 9.47 Å². The van der Waals surface area contributed by atoms with Crippen LogP contribution in [0.2, 0.25) is 0 Å². The quantitative estimate of drug-likeness (QED) is 0.143. The highest BCUT2D eigenvalue weighted by molar-refractivity contribution is 14.0. The van der Waals surface area contributed by atoms with E-state index in [1.54, 1.807) is 0 Å². The number of likely N-dealkylation sites (tertiary alicyclic amines) is 1. The predicted molar refractivity (Wildman–Crippen MR) is 141 cm³/mol. The molecule has 1 unspecified atom stereocenters. The van der Waals surface area contributed by atoms with Crippen molar-refractivity contribution in [3.05, 3.63) is 0 Å². The molecule has 1 amide bonds. The van der Waals surface area contributed by atoms with Crippen molar-refractivity contribution in [2.45, 2.75) is 84.8 Å². The van der Waals surface area contributed by atoms with E-state index in [0.29, 0.717) is 19.1 Å². The number of aliphatic imine (C=N–C) groups is 1. The summed E-state index contributed by atoms with van der Waals surface area (Å²) in [6.07, 6.45) is 5.62. The third kappa shape index (κ3) is 14.4. The second kappa shape index (κ2) is 17.6. The third-order valence-electron chi connectivity index (χ3n) is 5.15. The lowest BCUT2D eigenvalue weighted by atomic mass is 10.0. The summed E-state index contributed by atoms with van der Waals surface area (Å²) in [6.45, 7) is 14.7. The predicted octanol–water partition coefficient (Wildman–Crippen LogP) is 3.76. The molecule has 0 aliphatic carbocycles.